The Balaban J connectivity index is 0.00000312. The van der Waals surface area contributed by atoms with E-state index in [-0.39, 0.29) is 30.8 Å². The number of carbonyl (C=O) groups excluding carboxylic acids is 2. The van der Waals surface area contributed by atoms with E-state index in [2.05, 4.69) is 17.6 Å². The van der Waals surface area contributed by atoms with Crippen LogP contribution >= 0.6 is 12.4 Å². The van der Waals surface area contributed by atoms with Crippen LogP contribution in [0.3, 0.4) is 0 Å². The van der Waals surface area contributed by atoms with E-state index < -0.39 is 0 Å². The molecule has 2 amide bonds. The minimum absolute atomic E-state index is 0. The molecule has 1 aromatic carbocycles. The molecule has 0 saturated carbocycles. The number of rotatable bonds is 7. The van der Waals surface area contributed by atoms with E-state index in [1.54, 1.807) is 11.9 Å². The summed E-state index contributed by atoms with van der Waals surface area (Å²) in [5.41, 5.74) is 1.08. The maximum atomic E-state index is 12.1. The number of likely N-dealkylation sites (N-methyl/N-ethyl adjacent to an activating group) is 1. The lowest BCUT2D eigenvalue weighted by Gasteiger charge is -2.28. The molecular formula is C19H30ClN3O2. The van der Waals surface area contributed by atoms with Crippen LogP contribution in [-0.4, -0.2) is 43.4 Å². The van der Waals surface area contributed by atoms with Gasteiger partial charge in [-0.1, -0.05) is 37.3 Å². The molecule has 1 aliphatic rings. The van der Waals surface area contributed by atoms with Crippen molar-refractivity contribution in [2.75, 3.05) is 26.7 Å². The molecule has 0 aromatic heterocycles. The van der Waals surface area contributed by atoms with Crippen molar-refractivity contribution in [3.8, 4) is 0 Å². The van der Waals surface area contributed by atoms with Crippen LogP contribution in [0.15, 0.2) is 30.3 Å². The third-order valence-corrected chi connectivity index (χ3v) is 4.82. The van der Waals surface area contributed by atoms with Crippen LogP contribution < -0.4 is 10.6 Å². The van der Waals surface area contributed by atoms with Crippen LogP contribution in [0.5, 0.6) is 0 Å². The summed E-state index contributed by atoms with van der Waals surface area (Å²) < 4.78 is 0. The van der Waals surface area contributed by atoms with Crippen LogP contribution in [0.4, 0.5) is 0 Å². The average Bonchev–Trinajstić information content (AvgIpc) is 2.61. The van der Waals surface area contributed by atoms with E-state index in [1.807, 2.05) is 30.3 Å². The summed E-state index contributed by atoms with van der Waals surface area (Å²) in [5.74, 6) is 0.877. The smallest absolute Gasteiger partial charge is 0.242 e. The summed E-state index contributed by atoms with van der Waals surface area (Å²) in [4.78, 5) is 25.9. The first-order valence-corrected chi connectivity index (χ1v) is 8.81. The monoisotopic (exact) mass is 367 g/mol. The molecule has 1 fully saturated rings. The summed E-state index contributed by atoms with van der Waals surface area (Å²) >= 11 is 0. The molecule has 1 unspecified atom stereocenters. The second-order valence-corrected chi connectivity index (χ2v) is 6.78. The average molecular weight is 368 g/mol. The second kappa shape index (κ2) is 11.1. The van der Waals surface area contributed by atoms with Crippen molar-refractivity contribution < 1.29 is 9.59 Å². The largest absolute Gasteiger partial charge is 0.347 e. The molecule has 1 aliphatic heterocycles. The van der Waals surface area contributed by atoms with Crippen molar-refractivity contribution in [2.24, 2.45) is 11.8 Å². The predicted molar refractivity (Wildman–Crippen MR) is 103 cm³/mol. The molecule has 5 nitrogen and oxygen atoms in total. The van der Waals surface area contributed by atoms with Gasteiger partial charge in [0.05, 0.1) is 6.54 Å². The summed E-state index contributed by atoms with van der Waals surface area (Å²) in [5, 5.41) is 6.12. The lowest BCUT2D eigenvalue weighted by molar-refractivity contribution is -0.132. The zero-order valence-electron chi connectivity index (χ0n) is 15.2. The van der Waals surface area contributed by atoms with Crippen molar-refractivity contribution >= 4 is 24.2 Å². The van der Waals surface area contributed by atoms with E-state index in [4.69, 9.17) is 0 Å². The third-order valence-electron chi connectivity index (χ3n) is 4.82. The first-order chi connectivity index (χ1) is 11.6. The normalized spacial score (nSPS) is 15.8. The Morgan fingerprint density at radius 2 is 1.88 bits per heavy atom. The summed E-state index contributed by atoms with van der Waals surface area (Å²) in [7, 11) is 1.76. The van der Waals surface area contributed by atoms with Gasteiger partial charge < -0.3 is 15.5 Å². The van der Waals surface area contributed by atoms with Crippen molar-refractivity contribution in [1.82, 2.24) is 15.5 Å². The highest BCUT2D eigenvalue weighted by molar-refractivity contribution is 5.85. The van der Waals surface area contributed by atoms with Gasteiger partial charge in [-0.2, -0.15) is 0 Å². The molecular weight excluding hydrogens is 338 g/mol. The Kier molecular flexibility index (Phi) is 9.53. The van der Waals surface area contributed by atoms with Gasteiger partial charge in [-0.25, -0.2) is 0 Å². The zero-order valence-corrected chi connectivity index (χ0v) is 16.0. The van der Waals surface area contributed by atoms with Crippen molar-refractivity contribution in [3.05, 3.63) is 35.9 Å². The maximum Gasteiger partial charge on any atom is 0.242 e. The first kappa shape index (κ1) is 21.5. The van der Waals surface area contributed by atoms with Crippen molar-refractivity contribution in [1.29, 1.82) is 0 Å². The van der Waals surface area contributed by atoms with Crippen molar-refractivity contribution in [3.63, 3.8) is 0 Å². The minimum Gasteiger partial charge on any atom is -0.347 e. The molecule has 1 heterocycles. The number of hydrogen-bond donors (Lipinski definition) is 2. The standard InChI is InChI=1S/C19H29N3O2.ClH/c1-15(17-8-10-20-11-9-17)12-18(23)21-13-19(24)22(2)14-16-6-4-3-5-7-16;/h3-7,15,17,20H,8-14H2,1-2H3,(H,21,23);1H. The van der Waals surface area contributed by atoms with Gasteiger partial charge in [0.1, 0.15) is 0 Å². The molecule has 1 saturated heterocycles. The zero-order chi connectivity index (χ0) is 17.4. The minimum atomic E-state index is -0.0678. The van der Waals surface area contributed by atoms with E-state index in [0.717, 1.165) is 31.5 Å². The fraction of sp³-hybridized carbons (Fsp3) is 0.579. The highest BCUT2D eigenvalue weighted by Crippen LogP contribution is 2.24. The van der Waals surface area contributed by atoms with Gasteiger partial charge in [0, 0.05) is 20.0 Å². The topological polar surface area (TPSA) is 61.4 Å². The predicted octanol–water partition coefficient (Wildman–Crippen LogP) is 2.21. The Morgan fingerprint density at radius 3 is 2.52 bits per heavy atom. The Bertz CT molecular complexity index is 533. The lowest BCUT2D eigenvalue weighted by Crippen LogP contribution is -2.39. The second-order valence-electron chi connectivity index (χ2n) is 6.78. The maximum absolute atomic E-state index is 12.1. The molecule has 25 heavy (non-hydrogen) atoms. The Morgan fingerprint density at radius 1 is 1.24 bits per heavy atom. The molecule has 2 N–H and O–H groups in total. The van der Waals surface area contributed by atoms with Gasteiger partial charge in [0.2, 0.25) is 11.8 Å². The van der Waals surface area contributed by atoms with Gasteiger partial charge in [-0.05, 0) is 43.3 Å². The SMILES string of the molecule is CC(CC(=O)NCC(=O)N(C)Cc1ccccc1)C1CCNCC1.Cl. The fourth-order valence-corrected chi connectivity index (χ4v) is 3.20. The van der Waals surface area contributed by atoms with Gasteiger partial charge in [-0.15, -0.1) is 12.4 Å². The number of amides is 2. The summed E-state index contributed by atoms with van der Waals surface area (Å²) in [6, 6.07) is 9.84. The molecule has 2 rings (SSSR count). The Hall–Kier alpha value is -1.59. The van der Waals surface area contributed by atoms with Crippen LogP contribution in [0.25, 0.3) is 0 Å². The number of hydrogen-bond acceptors (Lipinski definition) is 3. The van der Waals surface area contributed by atoms with Crippen molar-refractivity contribution in [2.45, 2.75) is 32.7 Å². The molecule has 0 aliphatic carbocycles. The van der Waals surface area contributed by atoms with E-state index in [9.17, 15) is 9.59 Å². The molecule has 0 spiro atoms. The van der Waals surface area contributed by atoms with Crippen LogP contribution in [0, 0.1) is 11.8 Å². The van der Waals surface area contributed by atoms with E-state index >= 15 is 0 Å². The fourth-order valence-electron chi connectivity index (χ4n) is 3.20. The lowest BCUT2D eigenvalue weighted by atomic mass is 9.84. The number of piperidine rings is 1. The highest BCUT2D eigenvalue weighted by Gasteiger charge is 2.22. The molecule has 6 heteroatoms. The summed E-state index contributed by atoms with van der Waals surface area (Å²) in [6.07, 6.45) is 2.76. The quantitative estimate of drug-likeness (QED) is 0.776. The van der Waals surface area contributed by atoms with E-state index in [0.29, 0.717) is 24.8 Å². The van der Waals surface area contributed by atoms with E-state index in [1.165, 1.54) is 0 Å². The number of benzene rings is 1. The Labute approximate surface area is 157 Å². The van der Waals surface area contributed by atoms with Gasteiger partial charge in [-0.3, -0.25) is 9.59 Å². The third kappa shape index (κ3) is 7.45. The number of carbonyl (C=O) groups is 2. The van der Waals surface area contributed by atoms with Crippen LogP contribution in [0.2, 0.25) is 0 Å². The number of nitrogens with one attached hydrogen (secondary N) is 2. The van der Waals surface area contributed by atoms with Gasteiger partial charge in [0.25, 0.3) is 0 Å². The van der Waals surface area contributed by atoms with Gasteiger partial charge in [0.15, 0.2) is 0 Å². The number of halogens is 1. The molecule has 0 radical (unpaired) electrons. The molecule has 0 bridgehead atoms. The van der Waals surface area contributed by atoms with Gasteiger partial charge >= 0.3 is 0 Å². The molecule has 140 valence electrons. The first-order valence-electron chi connectivity index (χ1n) is 8.81. The summed E-state index contributed by atoms with van der Waals surface area (Å²) in [6.45, 7) is 4.85. The highest BCUT2D eigenvalue weighted by atomic mass is 35.5. The number of nitrogens with zero attached hydrogens (tertiary/aromatic N) is 1. The molecule has 1 aromatic rings. The molecule has 1 atom stereocenters. The van der Waals surface area contributed by atoms with Crippen LogP contribution in [0.1, 0.15) is 31.7 Å². The van der Waals surface area contributed by atoms with Crippen LogP contribution in [-0.2, 0) is 16.1 Å².